The molecule has 0 unspecified atom stereocenters. The number of hydrogen-bond donors (Lipinski definition) is 0. The molecular weight excluding hydrogens is 318 g/mol. The third-order valence-electron chi connectivity index (χ3n) is 4.09. The van der Waals surface area contributed by atoms with Crippen LogP contribution in [-0.4, -0.2) is 31.6 Å². The Morgan fingerprint density at radius 1 is 1.26 bits per heavy atom. The van der Waals surface area contributed by atoms with Crippen LogP contribution in [-0.2, 0) is 0 Å². The number of nitrogens with zero attached hydrogens (tertiary/aromatic N) is 1. The van der Waals surface area contributed by atoms with Gasteiger partial charge in [-0.1, -0.05) is 0 Å². The lowest BCUT2D eigenvalue weighted by molar-refractivity contribution is 0.0701. The van der Waals surface area contributed by atoms with E-state index in [1.807, 2.05) is 18.2 Å². The molecule has 2 aromatic rings. The van der Waals surface area contributed by atoms with Crippen LogP contribution in [0.25, 0.3) is 0 Å². The van der Waals surface area contributed by atoms with Crippen LogP contribution in [0.3, 0.4) is 0 Å². The monoisotopic (exact) mass is 335 g/mol. The zero-order valence-corrected chi connectivity index (χ0v) is 13.8. The zero-order valence-electron chi connectivity index (χ0n) is 13.0. The summed E-state index contributed by atoms with van der Waals surface area (Å²) in [6.45, 7) is 0.669. The maximum absolute atomic E-state index is 12.7. The van der Waals surface area contributed by atoms with Gasteiger partial charge in [0.15, 0.2) is 11.0 Å². The smallest absolute Gasteiger partial charge is 0.290 e. The van der Waals surface area contributed by atoms with Gasteiger partial charge in [-0.2, -0.15) is 0 Å². The molecule has 1 aliphatic heterocycles. The average Bonchev–Trinajstić information content (AvgIpc) is 3.22. The van der Waals surface area contributed by atoms with Crippen LogP contribution in [0.2, 0.25) is 5.22 Å². The van der Waals surface area contributed by atoms with Crippen molar-refractivity contribution in [2.24, 2.45) is 0 Å². The Bertz CT molecular complexity index is 712. The quantitative estimate of drug-likeness (QED) is 0.849. The lowest BCUT2D eigenvalue weighted by atomic mass is 10.0. The number of rotatable bonds is 4. The van der Waals surface area contributed by atoms with E-state index in [1.54, 1.807) is 31.3 Å². The van der Waals surface area contributed by atoms with Crippen LogP contribution in [0.4, 0.5) is 0 Å². The van der Waals surface area contributed by atoms with Gasteiger partial charge in [0.1, 0.15) is 11.5 Å². The van der Waals surface area contributed by atoms with Crippen LogP contribution >= 0.6 is 11.6 Å². The van der Waals surface area contributed by atoms with Crippen molar-refractivity contribution in [2.75, 3.05) is 20.8 Å². The highest BCUT2D eigenvalue weighted by molar-refractivity contribution is 6.29. The Morgan fingerprint density at radius 2 is 2.09 bits per heavy atom. The SMILES string of the molecule is COc1ccc(OC)c([C@H]2CCCN2C(=O)c2ccc(Cl)o2)c1. The molecule has 1 aliphatic rings. The Balaban J connectivity index is 1.94. The number of halogens is 1. The minimum atomic E-state index is -0.163. The molecule has 6 heteroatoms. The first kappa shape index (κ1) is 15.7. The van der Waals surface area contributed by atoms with Gasteiger partial charge in [-0.15, -0.1) is 0 Å². The number of hydrogen-bond acceptors (Lipinski definition) is 4. The number of amides is 1. The molecular formula is C17H18ClNO4. The van der Waals surface area contributed by atoms with Crippen molar-refractivity contribution in [1.82, 2.24) is 4.90 Å². The highest BCUT2D eigenvalue weighted by Gasteiger charge is 2.34. The second-order valence-electron chi connectivity index (χ2n) is 5.37. The number of carbonyl (C=O) groups is 1. The molecule has 122 valence electrons. The fourth-order valence-corrected chi connectivity index (χ4v) is 3.15. The molecule has 1 fully saturated rings. The summed E-state index contributed by atoms with van der Waals surface area (Å²) >= 11 is 5.78. The number of carbonyl (C=O) groups excluding carboxylic acids is 1. The summed E-state index contributed by atoms with van der Waals surface area (Å²) < 4.78 is 16.0. The van der Waals surface area contributed by atoms with E-state index in [0.29, 0.717) is 6.54 Å². The minimum absolute atomic E-state index is 0.0728. The summed E-state index contributed by atoms with van der Waals surface area (Å²) in [6, 6.07) is 8.73. The largest absolute Gasteiger partial charge is 0.497 e. The first-order valence-corrected chi connectivity index (χ1v) is 7.80. The predicted molar refractivity (Wildman–Crippen MR) is 86.3 cm³/mol. The number of methoxy groups -OCH3 is 2. The molecule has 0 N–H and O–H groups in total. The zero-order chi connectivity index (χ0) is 16.4. The Morgan fingerprint density at radius 3 is 2.74 bits per heavy atom. The first-order chi connectivity index (χ1) is 11.1. The molecule has 0 bridgehead atoms. The van der Waals surface area contributed by atoms with Crippen LogP contribution in [0, 0.1) is 0 Å². The van der Waals surface area contributed by atoms with Crippen LogP contribution in [0.5, 0.6) is 11.5 Å². The molecule has 0 radical (unpaired) electrons. The Hall–Kier alpha value is -2.14. The van der Waals surface area contributed by atoms with Crippen molar-refractivity contribution in [3.8, 4) is 11.5 Å². The number of likely N-dealkylation sites (tertiary alicyclic amines) is 1. The van der Waals surface area contributed by atoms with Gasteiger partial charge in [0.2, 0.25) is 0 Å². The molecule has 3 rings (SSSR count). The Kier molecular flexibility index (Phi) is 4.48. The number of furan rings is 1. The van der Waals surface area contributed by atoms with E-state index in [9.17, 15) is 4.79 Å². The molecule has 1 aromatic heterocycles. The fourth-order valence-electron chi connectivity index (χ4n) is 3.00. The first-order valence-electron chi connectivity index (χ1n) is 7.42. The number of ether oxygens (including phenoxy) is 2. The summed E-state index contributed by atoms with van der Waals surface area (Å²) in [4.78, 5) is 14.5. The van der Waals surface area contributed by atoms with Crippen molar-refractivity contribution in [3.05, 3.63) is 46.9 Å². The van der Waals surface area contributed by atoms with E-state index in [4.69, 9.17) is 25.5 Å². The Labute approximate surface area is 139 Å². The van der Waals surface area contributed by atoms with E-state index in [1.165, 1.54) is 0 Å². The molecule has 0 aliphatic carbocycles. The summed E-state index contributed by atoms with van der Waals surface area (Å²) in [5.41, 5.74) is 0.940. The fraction of sp³-hybridized carbons (Fsp3) is 0.353. The maximum atomic E-state index is 12.7. The van der Waals surface area contributed by atoms with E-state index in [0.717, 1.165) is 29.9 Å². The van der Waals surface area contributed by atoms with Crippen LogP contribution < -0.4 is 9.47 Å². The lowest BCUT2D eigenvalue weighted by Gasteiger charge is -2.26. The van der Waals surface area contributed by atoms with Gasteiger partial charge in [-0.25, -0.2) is 0 Å². The highest BCUT2D eigenvalue weighted by atomic mass is 35.5. The summed E-state index contributed by atoms with van der Waals surface area (Å²) in [5, 5.41) is 0.211. The van der Waals surface area contributed by atoms with E-state index >= 15 is 0 Å². The minimum Gasteiger partial charge on any atom is -0.497 e. The standard InChI is InChI=1S/C17H18ClNO4/c1-21-11-5-6-14(22-2)12(10-11)13-4-3-9-19(13)17(20)15-7-8-16(18)23-15/h5-8,10,13H,3-4,9H2,1-2H3/t13-/m1/s1. The van der Waals surface area contributed by atoms with Gasteiger partial charge in [-0.05, 0) is 54.8 Å². The van der Waals surface area contributed by atoms with Gasteiger partial charge < -0.3 is 18.8 Å². The lowest BCUT2D eigenvalue weighted by Crippen LogP contribution is -2.30. The summed E-state index contributed by atoms with van der Waals surface area (Å²) in [7, 11) is 3.24. The van der Waals surface area contributed by atoms with Gasteiger partial charge in [0.05, 0.1) is 20.3 Å². The van der Waals surface area contributed by atoms with Crippen molar-refractivity contribution in [2.45, 2.75) is 18.9 Å². The maximum Gasteiger partial charge on any atom is 0.290 e. The molecule has 2 heterocycles. The van der Waals surface area contributed by atoms with Gasteiger partial charge in [0, 0.05) is 12.1 Å². The van der Waals surface area contributed by atoms with Crippen molar-refractivity contribution in [1.29, 1.82) is 0 Å². The summed E-state index contributed by atoms with van der Waals surface area (Å²) in [5.74, 6) is 1.57. The van der Waals surface area contributed by atoms with E-state index in [2.05, 4.69) is 0 Å². The van der Waals surface area contributed by atoms with Crippen LogP contribution in [0.1, 0.15) is 35.0 Å². The molecule has 5 nitrogen and oxygen atoms in total. The molecule has 1 aromatic carbocycles. The van der Waals surface area contributed by atoms with E-state index < -0.39 is 0 Å². The molecule has 1 amide bonds. The number of benzene rings is 1. The predicted octanol–water partition coefficient (Wildman–Crippen LogP) is 3.93. The summed E-state index contributed by atoms with van der Waals surface area (Å²) in [6.07, 6.45) is 1.79. The molecule has 0 saturated carbocycles. The van der Waals surface area contributed by atoms with Crippen molar-refractivity contribution < 1.29 is 18.7 Å². The molecule has 1 atom stereocenters. The molecule has 23 heavy (non-hydrogen) atoms. The topological polar surface area (TPSA) is 51.9 Å². The third-order valence-corrected chi connectivity index (χ3v) is 4.30. The van der Waals surface area contributed by atoms with Gasteiger partial charge >= 0.3 is 0 Å². The van der Waals surface area contributed by atoms with E-state index in [-0.39, 0.29) is 22.9 Å². The van der Waals surface area contributed by atoms with Crippen LogP contribution in [0.15, 0.2) is 34.7 Å². The van der Waals surface area contributed by atoms with Crippen molar-refractivity contribution in [3.63, 3.8) is 0 Å². The normalized spacial score (nSPS) is 17.3. The molecule has 0 spiro atoms. The second-order valence-corrected chi connectivity index (χ2v) is 5.74. The highest BCUT2D eigenvalue weighted by Crippen LogP contribution is 2.39. The molecule has 1 saturated heterocycles. The van der Waals surface area contributed by atoms with Gasteiger partial charge in [-0.3, -0.25) is 4.79 Å². The third kappa shape index (κ3) is 3.01. The van der Waals surface area contributed by atoms with Crippen molar-refractivity contribution >= 4 is 17.5 Å². The van der Waals surface area contributed by atoms with Gasteiger partial charge in [0.25, 0.3) is 5.91 Å². The second kappa shape index (κ2) is 6.54. The average molecular weight is 336 g/mol.